The topological polar surface area (TPSA) is 54.4 Å². The Labute approximate surface area is 48.1 Å². The van der Waals surface area contributed by atoms with Gasteiger partial charge in [-0.1, -0.05) is 6.47 Å². The van der Waals surface area contributed by atoms with Crippen molar-refractivity contribution in [2.45, 2.75) is 0 Å². The summed E-state index contributed by atoms with van der Waals surface area (Å²) in [6.07, 6.45) is 0. The number of rotatable bonds is 0. The second kappa shape index (κ2) is 116. The molecular formula is C2HO3Rh. The van der Waals surface area contributed by atoms with E-state index in [1.807, 2.05) is 0 Å². The van der Waals surface area contributed by atoms with Gasteiger partial charge in [-0.3, -0.25) is 4.79 Å². The minimum absolute atomic E-state index is 0. The monoisotopic (exact) mass is 176 g/mol. The van der Waals surface area contributed by atoms with E-state index in [2.05, 4.69) is 6.79 Å². The van der Waals surface area contributed by atoms with Crippen molar-refractivity contribution in [3.05, 3.63) is 0 Å². The second-order valence-corrected chi connectivity index (χ2v) is 0.0913. The summed E-state index contributed by atoms with van der Waals surface area (Å²) in [6.45, 7) is 5.00. The first kappa shape index (κ1) is 17.1. The molecule has 0 aliphatic heterocycles. The molecule has 4 heteroatoms. The predicted molar refractivity (Wildman–Crippen MR) is 14.0 cm³/mol. The van der Waals surface area contributed by atoms with E-state index in [0.717, 1.165) is 0 Å². The number of carbonyl (C=O) groups excluding carboxylic acids is 1. The Hall–Kier alpha value is -0.237. The molecule has 2 radical (unpaired) electrons. The molecule has 0 aromatic carbocycles. The van der Waals surface area contributed by atoms with Crippen LogP contribution in [0, 0.1) is 0 Å². The van der Waals surface area contributed by atoms with E-state index < -0.39 is 0 Å². The maximum Gasteiger partial charge on any atom is 1.00 e. The van der Waals surface area contributed by atoms with Crippen LogP contribution in [-0.4, -0.2) is 18.4 Å². The molecule has 0 amide bonds. The number of hydrogen-bond donors (Lipinski definition) is 1. The molecule has 0 rings (SSSR count). The van der Waals surface area contributed by atoms with Crippen LogP contribution in [0.1, 0.15) is 0 Å². The first-order valence-corrected chi connectivity index (χ1v) is 0.632. The molecule has 0 atom stereocenters. The molecule has 3 nitrogen and oxygen atoms in total. The Morgan fingerprint density at radius 1 is 1.50 bits per heavy atom. The largest absolute Gasteiger partial charge is 1.00 e. The summed E-state index contributed by atoms with van der Waals surface area (Å²) in [5, 5.41) is 6.76. The van der Waals surface area contributed by atoms with Gasteiger partial charge in [0.2, 0.25) is 0 Å². The van der Waals surface area contributed by atoms with Crippen LogP contribution in [0.3, 0.4) is 0 Å². The van der Waals surface area contributed by atoms with E-state index in [9.17, 15) is 0 Å². The fraction of sp³-hybridized carbons (Fsp3) is 0. The Morgan fingerprint density at radius 2 is 1.50 bits per heavy atom. The van der Waals surface area contributed by atoms with Gasteiger partial charge in [-0.15, -0.1) is 0 Å². The molecule has 0 aromatic heterocycles. The molecule has 0 saturated carbocycles. The summed E-state index contributed by atoms with van der Waals surface area (Å²) < 4.78 is 0. The maximum atomic E-state index is 8.24. The standard InChI is InChI=1S/CHO2.CO.Rh/c2-1-3;1-2;/h(H,2,3);;/q-1;;+1. The van der Waals surface area contributed by atoms with Crippen LogP contribution in [0.5, 0.6) is 0 Å². The van der Waals surface area contributed by atoms with Gasteiger partial charge in [-0.2, -0.15) is 0 Å². The van der Waals surface area contributed by atoms with Crippen LogP contribution >= 0.6 is 0 Å². The van der Waals surface area contributed by atoms with Crippen molar-refractivity contribution >= 4 is 13.3 Å². The molecule has 0 spiro atoms. The molecule has 0 unspecified atom stereocenters. The van der Waals surface area contributed by atoms with Crippen molar-refractivity contribution in [1.82, 2.24) is 0 Å². The minimum Gasteiger partial charge on any atom is -0.665 e. The van der Waals surface area contributed by atoms with Crippen molar-refractivity contribution in [2.24, 2.45) is 0 Å². The number of hydrogen-bond acceptors (Lipinski definition) is 2. The van der Waals surface area contributed by atoms with Gasteiger partial charge in [0.05, 0.1) is 0 Å². The predicted octanol–water partition coefficient (Wildman–Crippen LogP) is -0.788. The Morgan fingerprint density at radius 3 is 1.50 bits per heavy atom. The Kier molecular flexibility index (Phi) is 330. The summed E-state index contributed by atoms with van der Waals surface area (Å²) in [6, 6.07) is 0. The minimum atomic E-state index is 0. The molecule has 0 fully saturated rings. The molecule has 0 aliphatic rings. The Balaban J connectivity index is -0.0000000275. The molecule has 1 N–H and O–H groups in total. The molecule has 36 valence electrons. The zero-order valence-corrected chi connectivity index (χ0v) is 4.24. The van der Waals surface area contributed by atoms with E-state index >= 15 is 0 Å². The van der Waals surface area contributed by atoms with Gasteiger partial charge < -0.3 is 9.90 Å². The van der Waals surface area contributed by atoms with Crippen molar-refractivity contribution in [3.63, 3.8) is 0 Å². The van der Waals surface area contributed by atoms with E-state index in [0.29, 0.717) is 6.47 Å². The van der Waals surface area contributed by atoms with Gasteiger partial charge >= 0.3 is 19.5 Å². The van der Waals surface area contributed by atoms with E-state index in [1.165, 1.54) is 0 Å². The molecule has 0 saturated heterocycles. The van der Waals surface area contributed by atoms with Gasteiger partial charge in [0.15, 0.2) is 0 Å². The van der Waals surface area contributed by atoms with E-state index in [-0.39, 0.29) is 19.5 Å². The third-order valence-corrected chi connectivity index (χ3v) is 0. The fourth-order valence-corrected chi connectivity index (χ4v) is 0. The average molecular weight is 176 g/mol. The first-order valence-electron chi connectivity index (χ1n) is 0.632. The van der Waals surface area contributed by atoms with Crippen molar-refractivity contribution in [1.29, 1.82) is 0 Å². The van der Waals surface area contributed by atoms with Gasteiger partial charge in [-0.25, -0.2) is 0 Å². The van der Waals surface area contributed by atoms with Crippen LogP contribution in [0.4, 0.5) is 0 Å². The molecule has 0 aromatic rings. The summed E-state index contributed by atoms with van der Waals surface area (Å²) >= 11 is 0. The Bertz CT molecular complexity index is 22.8. The molecule has 0 aliphatic carbocycles. The van der Waals surface area contributed by atoms with Gasteiger partial charge in [0.1, 0.15) is 0 Å². The van der Waals surface area contributed by atoms with Gasteiger partial charge in [0.25, 0.3) is 6.79 Å². The zero-order chi connectivity index (χ0) is 4.71. The van der Waals surface area contributed by atoms with Crippen molar-refractivity contribution in [2.75, 3.05) is 0 Å². The molecule has 0 bridgehead atoms. The number of aliphatic hydroxyl groups excluding tert-OH is 1. The van der Waals surface area contributed by atoms with Gasteiger partial charge in [-0.05, 0) is 0 Å². The first-order chi connectivity index (χ1) is 2.41. The van der Waals surface area contributed by atoms with Gasteiger partial charge in [0, 0.05) is 0 Å². The van der Waals surface area contributed by atoms with E-state index in [1.54, 1.807) is 0 Å². The van der Waals surface area contributed by atoms with Crippen LogP contribution in [0.2, 0.25) is 0 Å². The van der Waals surface area contributed by atoms with Crippen LogP contribution in [0.15, 0.2) is 0 Å². The molecular weight excluding hydrogens is 175 g/mol. The van der Waals surface area contributed by atoms with Crippen LogP contribution in [0.25, 0.3) is 0 Å². The summed E-state index contributed by atoms with van der Waals surface area (Å²) in [5.41, 5.74) is 0. The summed E-state index contributed by atoms with van der Waals surface area (Å²) in [7, 11) is 0. The fourth-order valence-electron chi connectivity index (χ4n) is 0. The average Bonchev–Trinajstić information content (AvgIpc) is 1.46. The quantitative estimate of drug-likeness (QED) is 0.388. The zero-order valence-electron chi connectivity index (χ0n) is 2.60. The maximum absolute atomic E-state index is 8.24. The van der Waals surface area contributed by atoms with Crippen LogP contribution < -0.4 is 0 Å². The molecule has 0 heterocycles. The third kappa shape index (κ3) is 513. The van der Waals surface area contributed by atoms with Crippen molar-refractivity contribution < 1.29 is 34.2 Å². The molecule has 6 heavy (non-hydrogen) atoms. The smallest absolute Gasteiger partial charge is 0.665 e. The SMILES string of the molecule is O=[C-]O.[C]=O.[Rh+]. The van der Waals surface area contributed by atoms with E-state index in [4.69, 9.17) is 14.7 Å². The normalized spacial score (nSPS) is 2.67. The van der Waals surface area contributed by atoms with Crippen molar-refractivity contribution in [3.8, 4) is 0 Å². The third-order valence-electron chi connectivity index (χ3n) is 0. The van der Waals surface area contributed by atoms with Crippen LogP contribution in [-0.2, 0) is 29.1 Å². The summed E-state index contributed by atoms with van der Waals surface area (Å²) in [5.74, 6) is 0. The summed E-state index contributed by atoms with van der Waals surface area (Å²) in [4.78, 5) is 15.7. The second-order valence-electron chi connectivity index (χ2n) is 0.0913.